The molecule has 0 spiro atoms. The van der Waals surface area contributed by atoms with Crippen molar-refractivity contribution in [3.05, 3.63) is 23.7 Å². The van der Waals surface area contributed by atoms with E-state index in [1.54, 1.807) is 0 Å². The smallest absolute Gasteiger partial charge is 0.322 e. The molecular formula is C13H17N3O4. The molecule has 1 aromatic heterocycles. The van der Waals surface area contributed by atoms with Gasteiger partial charge in [0.1, 0.15) is 17.6 Å². The van der Waals surface area contributed by atoms with Crippen molar-refractivity contribution in [1.29, 1.82) is 0 Å². The SMILES string of the molecule is Cc1ccc(CCNC(=O)CCC2NC(=O)NC2=O)o1. The minimum atomic E-state index is -0.610. The van der Waals surface area contributed by atoms with Crippen LogP contribution in [0.1, 0.15) is 24.4 Å². The van der Waals surface area contributed by atoms with Crippen molar-refractivity contribution >= 4 is 17.8 Å². The normalized spacial score (nSPS) is 17.8. The van der Waals surface area contributed by atoms with E-state index >= 15 is 0 Å². The van der Waals surface area contributed by atoms with Gasteiger partial charge in [-0.25, -0.2) is 4.79 Å². The number of rotatable bonds is 6. The Morgan fingerprint density at radius 3 is 2.80 bits per heavy atom. The van der Waals surface area contributed by atoms with E-state index in [0.29, 0.717) is 19.4 Å². The summed E-state index contributed by atoms with van der Waals surface area (Å²) >= 11 is 0. The quantitative estimate of drug-likeness (QED) is 0.649. The molecule has 3 N–H and O–H groups in total. The van der Waals surface area contributed by atoms with Gasteiger partial charge >= 0.3 is 6.03 Å². The molecule has 2 heterocycles. The van der Waals surface area contributed by atoms with Gasteiger partial charge in [-0.3, -0.25) is 14.9 Å². The molecule has 0 bridgehead atoms. The van der Waals surface area contributed by atoms with E-state index in [9.17, 15) is 14.4 Å². The van der Waals surface area contributed by atoms with Gasteiger partial charge < -0.3 is 15.1 Å². The summed E-state index contributed by atoms with van der Waals surface area (Å²) in [6, 6.07) is 2.63. The largest absolute Gasteiger partial charge is 0.466 e. The number of hydrogen-bond donors (Lipinski definition) is 3. The van der Waals surface area contributed by atoms with E-state index in [-0.39, 0.29) is 18.2 Å². The lowest BCUT2D eigenvalue weighted by Crippen LogP contribution is -2.32. The summed E-state index contributed by atoms with van der Waals surface area (Å²) < 4.78 is 5.38. The van der Waals surface area contributed by atoms with Gasteiger partial charge in [-0.15, -0.1) is 0 Å². The monoisotopic (exact) mass is 279 g/mol. The van der Waals surface area contributed by atoms with Crippen LogP contribution in [0.4, 0.5) is 4.79 Å². The first-order chi connectivity index (χ1) is 9.54. The highest BCUT2D eigenvalue weighted by molar-refractivity contribution is 6.04. The van der Waals surface area contributed by atoms with Gasteiger partial charge in [0.2, 0.25) is 5.91 Å². The molecule has 4 amide bonds. The molecule has 7 nitrogen and oxygen atoms in total. The van der Waals surface area contributed by atoms with Gasteiger partial charge in [0, 0.05) is 19.4 Å². The number of aryl methyl sites for hydroxylation is 1. The lowest BCUT2D eigenvalue weighted by Gasteiger charge is -2.07. The van der Waals surface area contributed by atoms with E-state index < -0.39 is 12.1 Å². The molecular weight excluding hydrogens is 262 g/mol. The Balaban J connectivity index is 1.63. The van der Waals surface area contributed by atoms with Crippen molar-refractivity contribution in [1.82, 2.24) is 16.0 Å². The number of carbonyl (C=O) groups is 3. The standard InChI is InChI=1S/C13H17N3O4/c1-8-2-3-9(20-8)6-7-14-11(17)5-4-10-12(18)16-13(19)15-10/h2-3,10H,4-7H2,1H3,(H,14,17)(H2,15,16,18,19). The van der Waals surface area contributed by atoms with Crippen LogP contribution in [0.3, 0.4) is 0 Å². The summed E-state index contributed by atoms with van der Waals surface area (Å²) in [6.07, 6.45) is 1.11. The van der Waals surface area contributed by atoms with Crippen LogP contribution in [-0.4, -0.2) is 30.4 Å². The van der Waals surface area contributed by atoms with E-state index in [1.807, 2.05) is 19.1 Å². The van der Waals surface area contributed by atoms with Gasteiger partial charge in [-0.1, -0.05) is 0 Å². The van der Waals surface area contributed by atoms with Gasteiger partial charge in [-0.2, -0.15) is 0 Å². The molecule has 0 saturated carbocycles. The molecule has 0 radical (unpaired) electrons. The van der Waals surface area contributed by atoms with Crippen molar-refractivity contribution in [2.24, 2.45) is 0 Å². The van der Waals surface area contributed by atoms with Gasteiger partial charge in [0.05, 0.1) is 0 Å². The Morgan fingerprint density at radius 2 is 2.20 bits per heavy atom. The molecule has 108 valence electrons. The fourth-order valence-corrected chi connectivity index (χ4v) is 1.97. The van der Waals surface area contributed by atoms with Crippen LogP contribution >= 0.6 is 0 Å². The van der Waals surface area contributed by atoms with Crippen molar-refractivity contribution < 1.29 is 18.8 Å². The number of hydrogen-bond acceptors (Lipinski definition) is 4. The molecule has 1 aliphatic heterocycles. The lowest BCUT2D eigenvalue weighted by atomic mass is 10.1. The average molecular weight is 279 g/mol. The average Bonchev–Trinajstić information content (AvgIpc) is 2.93. The Morgan fingerprint density at radius 1 is 1.40 bits per heavy atom. The molecule has 2 rings (SSSR count). The fraction of sp³-hybridized carbons (Fsp3) is 0.462. The number of nitrogens with one attached hydrogen (secondary N) is 3. The first-order valence-corrected chi connectivity index (χ1v) is 6.48. The molecule has 20 heavy (non-hydrogen) atoms. The lowest BCUT2D eigenvalue weighted by molar-refractivity contribution is -0.122. The van der Waals surface area contributed by atoms with Crippen LogP contribution in [-0.2, 0) is 16.0 Å². The number of carbonyl (C=O) groups excluding carboxylic acids is 3. The molecule has 7 heteroatoms. The molecule has 1 unspecified atom stereocenters. The van der Waals surface area contributed by atoms with E-state index in [4.69, 9.17) is 4.42 Å². The van der Waals surface area contributed by atoms with Crippen LogP contribution in [0.2, 0.25) is 0 Å². The van der Waals surface area contributed by atoms with E-state index in [2.05, 4.69) is 16.0 Å². The minimum Gasteiger partial charge on any atom is -0.466 e. The first-order valence-electron chi connectivity index (χ1n) is 6.48. The van der Waals surface area contributed by atoms with Crippen molar-refractivity contribution in [3.8, 4) is 0 Å². The maximum Gasteiger partial charge on any atom is 0.322 e. The maximum absolute atomic E-state index is 11.6. The molecule has 1 fully saturated rings. The Kier molecular flexibility index (Phi) is 4.39. The van der Waals surface area contributed by atoms with E-state index in [1.165, 1.54) is 0 Å². The summed E-state index contributed by atoms with van der Waals surface area (Å²) in [6.45, 7) is 2.35. The number of furan rings is 1. The van der Waals surface area contributed by atoms with Gasteiger partial charge in [0.25, 0.3) is 5.91 Å². The van der Waals surface area contributed by atoms with Crippen LogP contribution in [0, 0.1) is 6.92 Å². The molecule has 0 aromatic carbocycles. The summed E-state index contributed by atoms with van der Waals surface area (Å²) in [5.41, 5.74) is 0. The third-order valence-corrected chi connectivity index (χ3v) is 3.01. The van der Waals surface area contributed by atoms with Crippen LogP contribution in [0.5, 0.6) is 0 Å². The zero-order chi connectivity index (χ0) is 14.5. The summed E-state index contributed by atoms with van der Waals surface area (Å²) in [5.74, 6) is 1.13. The Bertz CT molecular complexity index is 523. The van der Waals surface area contributed by atoms with E-state index in [0.717, 1.165) is 11.5 Å². The summed E-state index contributed by atoms with van der Waals surface area (Å²) in [4.78, 5) is 33.7. The number of imide groups is 1. The third-order valence-electron chi connectivity index (χ3n) is 3.01. The Labute approximate surface area is 116 Å². The highest BCUT2D eigenvalue weighted by atomic mass is 16.3. The Hall–Kier alpha value is -2.31. The second kappa shape index (κ2) is 6.23. The van der Waals surface area contributed by atoms with Crippen molar-refractivity contribution in [3.63, 3.8) is 0 Å². The summed E-state index contributed by atoms with van der Waals surface area (Å²) in [7, 11) is 0. The number of amides is 4. The predicted octanol–water partition coefficient (Wildman–Crippen LogP) is 0.235. The molecule has 1 atom stereocenters. The number of urea groups is 1. The first kappa shape index (κ1) is 14.1. The van der Waals surface area contributed by atoms with Crippen molar-refractivity contribution in [2.45, 2.75) is 32.2 Å². The predicted molar refractivity (Wildman–Crippen MR) is 69.9 cm³/mol. The van der Waals surface area contributed by atoms with Gasteiger partial charge in [0.15, 0.2) is 0 Å². The second-order valence-electron chi connectivity index (χ2n) is 4.67. The highest BCUT2D eigenvalue weighted by Gasteiger charge is 2.29. The maximum atomic E-state index is 11.6. The minimum absolute atomic E-state index is 0.151. The molecule has 1 saturated heterocycles. The topological polar surface area (TPSA) is 100 Å². The second-order valence-corrected chi connectivity index (χ2v) is 4.67. The molecule has 0 aliphatic carbocycles. The van der Waals surface area contributed by atoms with Gasteiger partial charge in [-0.05, 0) is 25.5 Å². The summed E-state index contributed by atoms with van der Waals surface area (Å²) in [5, 5.41) is 7.32. The highest BCUT2D eigenvalue weighted by Crippen LogP contribution is 2.06. The zero-order valence-electron chi connectivity index (χ0n) is 11.2. The van der Waals surface area contributed by atoms with Crippen LogP contribution in [0.25, 0.3) is 0 Å². The van der Waals surface area contributed by atoms with Crippen LogP contribution in [0.15, 0.2) is 16.5 Å². The van der Waals surface area contributed by atoms with Crippen LogP contribution < -0.4 is 16.0 Å². The molecule has 1 aliphatic rings. The third kappa shape index (κ3) is 3.84. The van der Waals surface area contributed by atoms with Crippen molar-refractivity contribution in [2.75, 3.05) is 6.54 Å². The molecule has 1 aromatic rings. The zero-order valence-corrected chi connectivity index (χ0v) is 11.2. The fourth-order valence-electron chi connectivity index (χ4n) is 1.97.